The van der Waals surface area contributed by atoms with Gasteiger partial charge in [0.05, 0.1) is 20.8 Å². The average molecular weight is 432 g/mol. The third kappa shape index (κ3) is 3.51. The Morgan fingerprint density at radius 1 is 1.16 bits per heavy atom. The van der Waals surface area contributed by atoms with Gasteiger partial charge < -0.3 is 15.3 Å². The number of carbonyl (C=O) groups is 2. The van der Waals surface area contributed by atoms with E-state index < -0.39 is 6.04 Å². The molecule has 0 saturated carbocycles. The zero-order valence-corrected chi connectivity index (χ0v) is 17.8. The SMILES string of the molecule is Cc1nc2ccc(NC(=O)C3CCCN3C(=O)c3ccc4ccccc4c3O)cc2s1. The Labute approximate surface area is 183 Å². The van der Waals surface area contributed by atoms with Gasteiger partial charge in [0.1, 0.15) is 11.8 Å². The minimum absolute atomic E-state index is 0.0415. The standard InChI is InChI=1S/C24H21N3O3S/c1-14-25-19-11-9-16(13-21(19)31-14)26-23(29)20-7-4-12-27(20)24(30)18-10-8-15-5-2-3-6-17(15)22(18)28/h2-3,5-6,8-11,13,20,28H,4,7,12H2,1H3,(H,26,29). The van der Waals surface area contributed by atoms with Crippen LogP contribution in [0.2, 0.25) is 0 Å². The molecule has 1 fully saturated rings. The van der Waals surface area contributed by atoms with Crippen molar-refractivity contribution in [1.82, 2.24) is 9.88 Å². The number of benzene rings is 3. The number of phenols is 1. The van der Waals surface area contributed by atoms with Crippen LogP contribution in [0.5, 0.6) is 5.75 Å². The van der Waals surface area contributed by atoms with Crippen molar-refractivity contribution in [2.24, 2.45) is 0 Å². The highest BCUT2D eigenvalue weighted by atomic mass is 32.1. The Bertz CT molecular complexity index is 1330. The summed E-state index contributed by atoms with van der Waals surface area (Å²) < 4.78 is 1.01. The molecular formula is C24H21N3O3S. The first-order chi connectivity index (χ1) is 15.0. The van der Waals surface area contributed by atoms with Crippen molar-refractivity contribution in [3.63, 3.8) is 0 Å². The molecule has 1 unspecified atom stereocenters. The van der Waals surface area contributed by atoms with Crippen molar-refractivity contribution in [1.29, 1.82) is 0 Å². The maximum atomic E-state index is 13.2. The molecule has 2 N–H and O–H groups in total. The van der Waals surface area contributed by atoms with Gasteiger partial charge in [-0.3, -0.25) is 9.59 Å². The Morgan fingerprint density at radius 2 is 2.00 bits per heavy atom. The fourth-order valence-corrected chi connectivity index (χ4v) is 5.07. The summed E-state index contributed by atoms with van der Waals surface area (Å²) in [4.78, 5) is 32.3. The van der Waals surface area contributed by atoms with Crippen molar-refractivity contribution in [2.75, 3.05) is 11.9 Å². The molecule has 0 aliphatic carbocycles. The molecule has 6 nitrogen and oxygen atoms in total. The minimum Gasteiger partial charge on any atom is -0.506 e. The summed E-state index contributed by atoms with van der Waals surface area (Å²) in [6.07, 6.45) is 1.33. The number of fused-ring (bicyclic) bond motifs is 2. The number of aryl methyl sites for hydroxylation is 1. The summed E-state index contributed by atoms with van der Waals surface area (Å²) in [6, 6.07) is 15.9. The van der Waals surface area contributed by atoms with Crippen molar-refractivity contribution in [3.8, 4) is 5.75 Å². The number of nitrogens with one attached hydrogen (secondary N) is 1. The van der Waals surface area contributed by atoms with E-state index in [2.05, 4.69) is 10.3 Å². The first-order valence-corrected chi connectivity index (χ1v) is 11.0. The quantitative estimate of drug-likeness (QED) is 0.492. The van der Waals surface area contributed by atoms with Crippen LogP contribution in [0.4, 0.5) is 5.69 Å². The first kappa shape index (κ1) is 19.5. The maximum absolute atomic E-state index is 13.2. The molecule has 0 radical (unpaired) electrons. The van der Waals surface area contributed by atoms with Gasteiger partial charge in [0.15, 0.2) is 0 Å². The number of thiazole rings is 1. The van der Waals surface area contributed by atoms with E-state index in [4.69, 9.17) is 0 Å². The number of phenolic OH excluding ortho intramolecular Hbond substituents is 1. The molecule has 0 bridgehead atoms. The number of rotatable bonds is 3. The third-order valence-corrected chi connectivity index (χ3v) is 6.64. The molecular weight excluding hydrogens is 410 g/mol. The monoisotopic (exact) mass is 431 g/mol. The van der Waals surface area contributed by atoms with E-state index >= 15 is 0 Å². The van der Waals surface area contributed by atoms with Crippen LogP contribution < -0.4 is 5.32 Å². The molecule has 4 aromatic rings. The lowest BCUT2D eigenvalue weighted by Crippen LogP contribution is -2.43. The highest BCUT2D eigenvalue weighted by molar-refractivity contribution is 7.18. The lowest BCUT2D eigenvalue weighted by Gasteiger charge is -2.24. The number of amides is 2. The topological polar surface area (TPSA) is 82.5 Å². The fraction of sp³-hybridized carbons (Fsp3) is 0.208. The molecule has 5 rings (SSSR count). The van der Waals surface area contributed by atoms with Crippen LogP contribution in [0, 0.1) is 6.92 Å². The second-order valence-electron chi connectivity index (χ2n) is 7.74. The summed E-state index contributed by atoms with van der Waals surface area (Å²) >= 11 is 1.58. The zero-order valence-electron chi connectivity index (χ0n) is 17.0. The van der Waals surface area contributed by atoms with Crippen molar-refractivity contribution < 1.29 is 14.7 Å². The van der Waals surface area contributed by atoms with Gasteiger partial charge >= 0.3 is 0 Å². The second kappa shape index (κ2) is 7.67. The Hall–Kier alpha value is -3.45. The first-order valence-electron chi connectivity index (χ1n) is 10.2. The van der Waals surface area contributed by atoms with Crippen molar-refractivity contribution >= 4 is 49.8 Å². The molecule has 0 spiro atoms. The number of carbonyl (C=O) groups excluding carboxylic acids is 2. The Kier molecular flexibility index (Phi) is 4.82. The molecule has 1 aliphatic rings. The van der Waals surface area contributed by atoms with Gasteiger partial charge in [-0.15, -0.1) is 11.3 Å². The molecule has 1 atom stereocenters. The highest BCUT2D eigenvalue weighted by Crippen LogP contribution is 2.32. The lowest BCUT2D eigenvalue weighted by atomic mass is 10.0. The molecule has 2 amide bonds. The van der Waals surface area contributed by atoms with E-state index in [0.29, 0.717) is 24.0 Å². The van der Waals surface area contributed by atoms with E-state index in [-0.39, 0.29) is 23.1 Å². The van der Waals surface area contributed by atoms with Gasteiger partial charge in [-0.1, -0.05) is 30.3 Å². The minimum atomic E-state index is -0.572. The Balaban J connectivity index is 1.39. The van der Waals surface area contributed by atoms with Crippen LogP contribution in [0.25, 0.3) is 21.0 Å². The molecule has 3 aromatic carbocycles. The van der Waals surface area contributed by atoms with E-state index in [1.54, 1.807) is 28.4 Å². The highest BCUT2D eigenvalue weighted by Gasteiger charge is 2.35. The molecule has 1 aliphatic heterocycles. The van der Waals surface area contributed by atoms with Gasteiger partial charge in [-0.25, -0.2) is 4.98 Å². The van der Waals surface area contributed by atoms with Gasteiger partial charge in [-0.2, -0.15) is 0 Å². The summed E-state index contributed by atoms with van der Waals surface area (Å²) in [5.74, 6) is -0.582. The number of aromatic hydroxyl groups is 1. The van der Waals surface area contributed by atoms with E-state index in [0.717, 1.165) is 27.0 Å². The smallest absolute Gasteiger partial charge is 0.258 e. The van der Waals surface area contributed by atoms with Gasteiger partial charge in [0.2, 0.25) is 5.91 Å². The number of aromatic nitrogens is 1. The molecule has 7 heteroatoms. The average Bonchev–Trinajstić information content (AvgIpc) is 3.39. The van der Waals surface area contributed by atoms with Crippen molar-refractivity contribution in [3.05, 3.63) is 65.2 Å². The molecule has 2 heterocycles. The summed E-state index contributed by atoms with van der Waals surface area (Å²) in [6.45, 7) is 2.43. The number of nitrogens with zero attached hydrogens (tertiary/aromatic N) is 2. The molecule has 156 valence electrons. The predicted octanol–water partition coefficient (Wildman–Crippen LogP) is 4.71. The molecule has 31 heavy (non-hydrogen) atoms. The fourth-order valence-electron chi connectivity index (χ4n) is 4.21. The van der Waals surface area contributed by atoms with Gasteiger partial charge in [0.25, 0.3) is 5.91 Å². The van der Waals surface area contributed by atoms with Crippen LogP contribution in [0.1, 0.15) is 28.2 Å². The predicted molar refractivity (Wildman–Crippen MR) is 123 cm³/mol. The van der Waals surface area contributed by atoms with Gasteiger partial charge in [0, 0.05) is 17.6 Å². The summed E-state index contributed by atoms with van der Waals surface area (Å²) in [5.41, 5.74) is 1.82. The van der Waals surface area contributed by atoms with E-state index in [1.807, 2.05) is 49.4 Å². The number of hydrogen-bond acceptors (Lipinski definition) is 5. The van der Waals surface area contributed by atoms with Gasteiger partial charge in [-0.05, 0) is 49.4 Å². The summed E-state index contributed by atoms with van der Waals surface area (Å²) in [7, 11) is 0. The third-order valence-electron chi connectivity index (χ3n) is 5.71. The second-order valence-corrected chi connectivity index (χ2v) is 8.98. The number of hydrogen-bond donors (Lipinski definition) is 2. The normalized spacial score (nSPS) is 16.2. The largest absolute Gasteiger partial charge is 0.506 e. The number of anilines is 1. The number of likely N-dealkylation sites (tertiary alicyclic amines) is 1. The molecule has 1 aromatic heterocycles. The van der Waals surface area contributed by atoms with Crippen LogP contribution in [-0.2, 0) is 4.79 Å². The van der Waals surface area contributed by atoms with Crippen LogP contribution in [0.3, 0.4) is 0 Å². The van der Waals surface area contributed by atoms with Crippen LogP contribution in [0.15, 0.2) is 54.6 Å². The molecule has 1 saturated heterocycles. The van der Waals surface area contributed by atoms with Crippen molar-refractivity contribution in [2.45, 2.75) is 25.8 Å². The Morgan fingerprint density at radius 3 is 2.87 bits per heavy atom. The van der Waals surface area contributed by atoms with Crippen LogP contribution >= 0.6 is 11.3 Å². The zero-order chi connectivity index (χ0) is 21.5. The lowest BCUT2D eigenvalue weighted by molar-refractivity contribution is -0.119. The maximum Gasteiger partial charge on any atom is 0.258 e. The van der Waals surface area contributed by atoms with Crippen LogP contribution in [-0.4, -0.2) is 39.4 Å². The van der Waals surface area contributed by atoms with E-state index in [9.17, 15) is 14.7 Å². The summed E-state index contributed by atoms with van der Waals surface area (Å²) in [5, 5.41) is 16.1. The van der Waals surface area contributed by atoms with E-state index in [1.165, 1.54) is 0 Å².